The molecule has 1 aromatic heterocycles. The standard InChI is InChI=1S/C14H15BrClNO/c1-3-10-5-7-13(18-10)14(17-2)9-4-6-11(15)12(16)8-9/h4-8,14,17H,3H2,1-2H3. The van der Waals surface area contributed by atoms with E-state index in [1.807, 2.05) is 37.4 Å². The van der Waals surface area contributed by atoms with Gasteiger partial charge in [-0.2, -0.15) is 0 Å². The SMILES string of the molecule is CCc1ccc(C(NC)c2ccc(Br)c(Cl)c2)o1. The molecule has 2 rings (SSSR count). The van der Waals surface area contributed by atoms with E-state index in [2.05, 4.69) is 28.2 Å². The molecule has 0 saturated heterocycles. The number of halogens is 2. The molecule has 0 amide bonds. The Balaban J connectivity index is 2.35. The van der Waals surface area contributed by atoms with Crippen molar-refractivity contribution in [1.29, 1.82) is 0 Å². The maximum atomic E-state index is 6.13. The molecule has 0 fully saturated rings. The molecule has 1 unspecified atom stereocenters. The highest BCUT2D eigenvalue weighted by molar-refractivity contribution is 9.10. The molecule has 1 N–H and O–H groups in total. The Bertz CT molecular complexity index is 538. The van der Waals surface area contributed by atoms with Crippen LogP contribution in [0.3, 0.4) is 0 Å². The van der Waals surface area contributed by atoms with Crippen LogP contribution in [0.25, 0.3) is 0 Å². The lowest BCUT2D eigenvalue weighted by atomic mass is 10.1. The molecular formula is C14H15BrClNO. The fourth-order valence-electron chi connectivity index (χ4n) is 1.90. The summed E-state index contributed by atoms with van der Waals surface area (Å²) in [6.07, 6.45) is 0.900. The number of rotatable bonds is 4. The van der Waals surface area contributed by atoms with Crippen molar-refractivity contribution in [3.63, 3.8) is 0 Å². The third-order valence-electron chi connectivity index (χ3n) is 2.88. The highest BCUT2D eigenvalue weighted by Crippen LogP contribution is 2.29. The molecule has 0 saturated carbocycles. The van der Waals surface area contributed by atoms with Crippen LogP contribution >= 0.6 is 27.5 Å². The molecular weight excluding hydrogens is 314 g/mol. The van der Waals surface area contributed by atoms with Gasteiger partial charge in [-0.1, -0.05) is 24.6 Å². The minimum atomic E-state index is 0.0240. The van der Waals surface area contributed by atoms with E-state index < -0.39 is 0 Å². The summed E-state index contributed by atoms with van der Waals surface area (Å²) in [6.45, 7) is 2.08. The summed E-state index contributed by atoms with van der Waals surface area (Å²) < 4.78 is 6.69. The second-order valence-corrected chi connectivity index (χ2v) is 5.31. The van der Waals surface area contributed by atoms with Gasteiger partial charge in [0.05, 0.1) is 11.1 Å². The van der Waals surface area contributed by atoms with Crippen molar-refractivity contribution in [2.24, 2.45) is 0 Å². The first-order valence-electron chi connectivity index (χ1n) is 5.86. The predicted octanol–water partition coefficient (Wildman–Crippen LogP) is 4.57. The van der Waals surface area contributed by atoms with Crippen molar-refractivity contribution in [3.8, 4) is 0 Å². The van der Waals surface area contributed by atoms with E-state index in [1.165, 1.54) is 0 Å². The molecule has 4 heteroatoms. The first-order valence-corrected chi connectivity index (χ1v) is 7.03. The average Bonchev–Trinajstić information content (AvgIpc) is 2.83. The molecule has 0 aliphatic rings. The zero-order chi connectivity index (χ0) is 13.1. The molecule has 1 atom stereocenters. The minimum absolute atomic E-state index is 0.0240. The number of benzene rings is 1. The van der Waals surface area contributed by atoms with E-state index >= 15 is 0 Å². The normalized spacial score (nSPS) is 12.7. The van der Waals surface area contributed by atoms with E-state index in [0.717, 1.165) is 28.0 Å². The quantitative estimate of drug-likeness (QED) is 0.889. The van der Waals surface area contributed by atoms with E-state index in [4.69, 9.17) is 16.0 Å². The number of nitrogens with one attached hydrogen (secondary N) is 1. The van der Waals surface area contributed by atoms with Crippen molar-refractivity contribution in [1.82, 2.24) is 5.32 Å². The average molecular weight is 329 g/mol. The van der Waals surface area contributed by atoms with E-state index in [-0.39, 0.29) is 6.04 Å². The fraction of sp³-hybridized carbons (Fsp3) is 0.286. The zero-order valence-electron chi connectivity index (χ0n) is 10.3. The van der Waals surface area contributed by atoms with Gasteiger partial charge in [0.2, 0.25) is 0 Å². The number of aryl methyl sites for hydroxylation is 1. The zero-order valence-corrected chi connectivity index (χ0v) is 12.7. The monoisotopic (exact) mass is 327 g/mol. The first kappa shape index (κ1) is 13.7. The highest BCUT2D eigenvalue weighted by atomic mass is 79.9. The van der Waals surface area contributed by atoms with Gasteiger partial charge in [-0.25, -0.2) is 0 Å². The Labute approximate surface area is 120 Å². The Morgan fingerprint density at radius 3 is 2.67 bits per heavy atom. The molecule has 0 aliphatic heterocycles. The van der Waals surface area contributed by atoms with Crippen molar-refractivity contribution in [2.75, 3.05) is 7.05 Å². The van der Waals surface area contributed by atoms with Gasteiger partial charge >= 0.3 is 0 Å². The predicted molar refractivity (Wildman–Crippen MR) is 78.1 cm³/mol. The summed E-state index contributed by atoms with van der Waals surface area (Å²) in [5, 5.41) is 3.95. The highest BCUT2D eigenvalue weighted by Gasteiger charge is 2.16. The van der Waals surface area contributed by atoms with Crippen molar-refractivity contribution >= 4 is 27.5 Å². The van der Waals surface area contributed by atoms with Crippen molar-refractivity contribution in [3.05, 3.63) is 56.9 Å². The maximum Gasteiger partial charge on any atom is 0.125 e. The summed E-state index contributed by atoms with van der Waals surface area (Å²) >= 11 is 9.53. The molecule has 0 aliphatic carbocycles. The Kier molecular flexibility index (Phi) is 4.49. The molecule has 18 heavy (non-hydrogen) atoms. The molecule has 0 bridgehead atoms. The Hall–Kier alpha value is -0.770. The minimum Gasteiger partial charge on any atom is -0.464 e. The van der Waals surface area contributed by atoms with Crippen LogP contribution in [0.5, 0.6) is 0 Å². The summed E-state index contributed by atoms with van der Waals surface area (Å²) in [5.41, 5.74) is 1.09. The summed E-state index contributed by atoms with van der Waals surface area (Å²) in [7, 11) is 1.91. The van der Waals surface area contributed by atoms with E-state index in [1.54, 1.807) is 0 Å². The third-order valence-corrected chi connectivity index (χ3v) is 4.11. The lowest BCUT2D eigenvalue weighted by Crippen LogP contribution is -2.16. The first-order chi connectivity index (χ1) is 8.65. The maximum absolute atomic E-state index is 6.13. The lowest BCUT2D eigenvalue weighted by Gasteiger charge is -2.15. The lowest BCUT2D eigenvalue weighted by molar-refractivity contribution is 0.434. The van der Waals surface area contributed by atoms with Crippen LogP contribution in [-0.4, -0.2) is 7.05 Å². The molecule has 2 aromatic rings. The van der Waals surface area contributed by atoms with Gasteiger partial charge in [0.1, 0.15) is 11.5 Å². The van der Waals surface area contributed by atoms with Gasteiger partial charge in [0.25, 0.3) is 0 Å². The smallest absolute Gasteiger partial charge is 0.125 e. The van der Waals surface area contributed by atoms with Crippen molar-refractivity contribution < 1.29 is 4.42 Å². The molecule has 2 nitrogen and oxygen atoms in total. The Morgan fingerprint density at radius 2 is 2.11 bits per heavy atom. The van der Waals surface area contributed by atoms with Crippen LogP contribution in [0.4, 0.5) is 0 Å². The van der Waals surface area contributed by atoms with Crippen LogP contribution in [0.2, 0.25) is 5.02 Å². The van der Waals surface area contributed by atoms with Crippen LogP contribution in [-0.2, 0) is 6.42 Å². The number of hydrogen-bond acceptors (Lipinski definition) is 2. The van der Waals surface area contributed by atoms with Gasteiger partial charge < -0.3 is 9.73 Å². The largest absolute Gasteiger partial charge is 0.464 e. The second-order valence-electron chi connectivity index (χ2n) is 4.05. The van der Waals surface area contributed by atoms with Gasteiger partial charge in [0, 0.05) is 10.9 Å². The van der Waals surface area contributed by atoms with Crippen LogP contribution in [0.1, 0.15) is 30.0 Å². The molecule has 1 heterocycles. The second kappa shape index (κ2) is 5.91. The summed E-state index contributed by atoms with van der Waals surface area (Å²) in [6, 6.07) is 9.98. The van der Waals surface area contributed by atoms with Gasteiger partial charge in [-0.15, -0.1) is 0 Å². The molecule has 0 radical (unpaired) electrons. The number of hydrogen-bond donors (Lipinski definition) is 1. The van der Waals surface area contributed by atoms with Gasteiger partial charge in [-0.3, -0.25) is 0 Å². The van der Waals surface area contributed by atoms with Crippen LogP contribution in [0.15, 0.2) is 39.2 Å². The number of furan rings is 1. The summed E-state index contributed by atoms with van der Waals surface area (Å²) in [5.74, 6) is 1.90. The van der Waals surface area contributed by atoms with Gasteiger partial charge in [-0.05, 0) is 52.8 Å². The molecule has 96 valence electrons. The fourth-order valence-corrected chi connectivity index (χ4v) is 2.34. The molecule has 0 spiro atoms. The van der Waals surface area contributed by atoms with Crippen LogP contribution < -0.4 is 5.32 Å². The third kappa shape index (κ3) is 2.79. The van der Waals surface area contributed by atoms with E-state index in [9.17, 15) is 0 Å². The molecule has 1 aromatic carbocycles. The topological polar surface area (TPSA) is 25.2 Å². The van der Waals surface area contributed by atoms with E-state index in [0.29, 0.717) is 5.02 Å². The van der Waals surface area contributed by atoms with Crippen molar-refractivity contribution in [2.45, 2.75) is 19.4 Å². The van der Waals surface area contributed by atoms with Gasteiger partial charge in [0.15, 0.2) is 0 Å². The Morgan fingerprint density at radius 1 is 1.33 bits per heavy atom. The van der Waals surface area contributed by atoms with Crippen LogP contribution in [0, 0.1) is 0 Å². The summed E-state index contributed by atoms with van der Waals surface area (Å²) in [4.78, 5) is 0.